The second kappa shape index (κ2) is 6.38. The number of nitrogens with one attached hydrogen (secondary N) is 1. The van der Waals surface area contributed by atoms with Gasteiger partial charge in [-0.3, -0.25) is 0 Å². The molecule has 0 saturated carbocycles. The number of hydrogen-bond acceptors (Lipinski definition) is 2. The molecule has 2 aromatic rings. The van der Waals surface area contributed by atoms with E-state index in [1.165, 1.54) is 48.8 Å². The summed E-state index contributed by atoms with van der Waals surface area (Å²) in [5.74, 6) is 0.858. The van der Waals surface area contributed by atoms with E-state index in [0.717, 1.165) is 12.5 Å². The predicted molar refractivity (Wildman–Crippen MR) is 85.9 cm³/mol. The molecule has 2 heteroatoms. The highest BCUT2D eigenvalue weighted by atomic mass is 15.1. The van der Waals surface area contributed by atoms with Crippen LogP contribution in [0.3, 0.4) is 0 Å². The Balaban J connectivity index is 1.69. The summed E-state index contributed by atoms with van der Waals surface area (Å²) < 4.78 is 0. The molecule has 0 spiro atoms. The Morgan fingerprint density at radius 1 is 1.05 bits per heavy atom. The third-order valence-corrected chi connectivity index (χ3v) is 4.35. The lowest BCUT2D eigenvalue weighted by Crippen LogP contribution is -2.34. The smallest absolute Gasteiger partial charge is 0.0236 e. The highest BCUT2D eigenvalue weighted by molar-refractivity contribution is 5.85. The summed E-state index contributed by atoms with van der Waals surface area (Å²) in [5, 5.41) is 6.19. The second-order valence-electron chi connectivity index (χ2n) is 6.03. The van der Waals surface area contributed by atoms with Gasteiger partial charge in [0.25, 0.3) is 0 Å². The van der Waals surface area contributed by atoms with Gasteiger partial charge in [0.05, 0.1) is 0 Å². The van der Waals surface area contributed by atoms with Crippen molar-refractivity contribution in [2.24, 2.45) is 5.92 Å². The van der Waals surface area contributed by atoms with Crippen molar-refractivity contribution >= 4 is 10.8 Å². The van der Waals surface area contributed by atoms with E-state index in [1.54, 1.807) is 0 Å². The highest BCUT2D eigenvalue weighted by Crippen LogP contribution is 2.21. The van der Waals surface area contributed by atoms with Crippen molar-refractivity contribution in [3.63, 3.8) is 0 Å². The average Bonchev–Trinajstić information content (AvgIpc) is 2.48. The summed E-state index contributed by atoms with van der Waals surface area (Å²) in [4.78, 5) is 2.48. The van der Waals surface area contributed by atoms with Crippen LogP contribution in [0.5, 0.6) is 0 Å². The van der Waals surface area contributed by atoms with Gasteiger partial charge in [-0.1, -0.05) is 42.5 Å². The maximum absolute atomic E-state index is 3.44. The van der Waals surface area contributed by atoms with Crippen LogP contribution in [0, 0.1) is 5.92 Å². The van der Waals surface area contributed by atoms with Gasteiger partial charge in [-0.25, -0.2) is 0 Å². The summed E-state index contributed by atoms with van der Waals surface area (Å²) in [6.45, 7) is 4.63. The molecule has 1 heterocycles. The SMILES string of the molecule is CN(Cc1cccc2ccccc12)CC1CCNCC1. The van der Waals surface area contributed by atoms with Gasteiger partial charge >= 0.3 is 0 Å². The van der Waals surface area contributed by atoms with E-state index in [-0.39, 0.29) is 0 Å². The molecule has 1 fully saturated rings. The molecule has 1 aliphatic heterocycles. The van der Waals surface area contributed by atoms with Crippen LogP contribution in [-0.4, -0.2) is 31.6 Å². The van der Waals surface area contributed by atoms with E-state index in [2.05, 4.69) is 59.7 Å². The average molecular weight is 268 g/mol. The van der Waals surface area contributed by atoms with Gasteiger partial charge < -0.3 is 10.2 Å². The number of benzene rings is 2. The minimum absolute atomic E-state index is 0.858. The molecule has 0 bridgehead atoms. The molecule has 106 valence electrons. The van der Waals surface area contributed by atoms with Crippen LogP contribution in [0.15, 0.2) is 42.5 Å². The van der Waals surface area contributed by atoms with Crippen LogP contribution in [0.2, 0.25) is 0 Å². The van der Waals surface area contributed by atoms with E-state index in [1.807, 2.05) is 0 Å². The Kier molecular flexibility index (Phi) is 4.34. The zero-order chi connectivity index (χ0) is 13.8. The first-order valence-electron chi connectivity index (χ1n) is 7.69. The maximum Gasteiger partial charge on any atom is 0.0236 e. The van der Waals surface area contributed by atoms with E-state index in [0.29, 0.717) is 0 Å². The van der Waals surface area contributed by atoms with Crippen LogP contribution >= 0.6 is 0 Å². The summed E-state index contributed by atoms with van der Waals surface area (Å²) in [5.41, 5.74) is 1.44. The second-order valence-corrected chi connectivity index (χ2v) is 6.03. The standard InChI is InChI=1S/C18H24N2/c1-20(13-15-9-11-19-12-10-15)14-17-7-4-6-16-5-2-3-8-18(16)17/h2-8,15,19H,9-14H2,1H3. The number of rotatable bonds is 4. The van der Waals surface area contributed by atoms with Crippen molar-refractivity contribution in [1.82, 2.24) is 10.2 Å². The molecule has 0 radical (unpaired) electrons. The summed E-state index contributed by atoms with van der Waals surface area (Å²) in [6.07, 6.45) is 2.64. The fourth-order valence-corrected chi connectivity index (χ4v) is 3.29. The molecule has 20 heavy (non-hydrogen) atoms. The molecule has 0 amide bonds. The first kappa shape index (κ1) is 13.6. The fraction of sp³-hybridized carbons (Fsp3) is 0.444. The molecule has 0 aliphatic carbocycles. The molecule has 1 N–H and O–H groups in total. The predicted octanol–water partition coefficient (Wildman–Crippen LogP) is 3.27. The molecule has 0 atom stereocenters. The zero-order valence-corrected chi connectivity index (χ0v) is 12.3. The summed E-state index contributed by atoms with van der Waals surface area (Å²) >= 11 is 0. The quantitative estimate of drug-likeness (QED) is 0.915. The monoisotopic (exact) mass is 268 g/mol. The first-order chi connectivity index (χ1) is 9.83. The zero-order valence-electron chi connectivity index (χ0n) is 12.3. The van der Waals surface area contributed by atoms with E-state index < -0.39 is 0 Å². The molecule has 0 aromatic heterocycles. The molecular weight excluding hydrogens is 244 g/mol. The molecule has 1 saturated heterocycles. The number of nitrogens with zero attached hydrogens (tertiary/aromatic N) is 1. The molecule has 0 unspecified atom stereocenters. The molecule has 2 aromatic carbocycles. The topological polar surface area (TPSA) is 15.3 Å². The third kappa shape index (κ3) is 3.20. The molecule has 3 rings (SSSR count). The maximum atomic E-state index is 3.44. The van der Waals surface area contributed by atoms with Crippen molar-refractivity contribution in [1.29, 1.82) is 0 Å². The fourth-order valence-electron chi connectivity index (χ4n) is 3.29. The van der Waals surface area contributed by atoms with E-state index >= 15 is 0 Å². The Morgan fingerprint density at radius 2 is 1.80 bits per heavy atom. The van der Waals surface area contributed by atoms with Crippen molar-refractivity contribution in [3.8, 4) is 0 Å². The van der Waals surface area contributed by atoms with Gasteiger partial charge in [0.15, 0.2) is 0 Å². The number of piperidine rings is 1. The first-order valence-corrected chi connectivity index (χ1v) is 7.69. The number of fused-ring (bicyclic) bond motifs is 1. The molecule has 2 nitrogen and oxygen atoms in total. The van der Waals surface area contributed by atoms with Gasteiger partial charge in [-0.2, -0.15) is 0 Å². The van der Waals surface area contributed by atoms with E-state index in [4.69, 9.17) is 0 Å². The lowest BCUT2D eigenvalue weighted by Gasteiger charge is -2.27. The highest BCUT2D eigenvalue weighted by Gasteiger charge is 2.15. The van der Waals surface area contributed by atoms with Crippen molar-refractivity contribution in [2.45, 2.75) is 19.4 Å². The Bertz CT molecular complexity index is 553. The van der Waals surface area contributed by atoms with Crippen LogP contribution in [0.4, 0.5) is 0 Å². The molecule has 1 aliphatic rings. The summed E-state index contributed by atoms with van der Waals surface area (Å²) in [7, 11) is 2.25. The van der Waals surface area contributed by atoms with Gasteiger partial charge in [-0.15, -0.1) is 0 Å². The molecular formula is C18H24N2. The third-order valence-electron chi connectivity index (χ3n) is 4.35. The largest absolute Gasteiger partial charge is 0.317 e. The van der Waals surface area contributed by atoms with Crippen molar-refractivity contribution in [3.05, 3.63) is 48.0 Å². The lowest BCUT2D eigenvalue weighted by atomic mass is 9.97. The van der Waals surface area contributed by atoms with Crippen molar-refractivity contribution in [2.75, 3.05) is 26.7 Å². The van der Waals surface area contributed by atoms with Gasteiger partial charge in [0, 0.05) is 13.1 Å². The lowest BCUT2D eigenvalue weighted by molar-refractivity contribution is 0.235. The van der Waals surface area contributed by atoms with Crippen LogP contribution in [0.25, 0.3) is 10.8 Å². The Labute approximate surface area is 121 Å². The van der Waals surface area contributed by atoms with E-state index in [9.17, 15) is 0 Å². The van der Waals surface area contributed by atoms with Crippen LogP contribution < -0.4 is 5.32 Å². The van der Waals surface area contributed by atoms with Gasteiger partial charge in [0.1, 0.15) is 0 Å². The normalized spacial score (nSPS) is 16.9. The van der Waals surface area contributed by atoms with Gasteiger partial charge in [-0.05, 0) is 55.2 Å². The Hall–Kier alpha value is -1.38. The number of hydrogen-bond donors (Lipinski definition) is 1. The summed E-state index contributed by atoms with van der Waals surface area (Å²) in [6, 6.07) is 15.3. The minimum Gasteiger partial charge on any atom is -0.317 e. The van der Waals surface area contributed by atoms with Crippen molar-refractivity contribution < 1.29 is 0 Å². The van der Waals surface area contributed by atoms with Gasteiger partial charge in [0.2, 0.25) is 0 Å². The van der Waals surface area contributed by atoms with Crippen LogP contribution in [-0.2, 0) is 6.54 Å². The Morgan fingerprint density at radius 3 is 2.65 bits per heavy atom. The minimum atomic E-state index is 0.858. The van der Waals surface area contributed by atoms with Crippen LogP contribution in [0.1, 0.15) is 18.4 Å².